The molecule has 1 fully saturated rings. The van der Waals surface area contributed by atoms with E-state index < -0.39 is 0 Å². The summed E-state index contributed by atoms with van der Waals surface area (Å²) in [5.74, 6) is -0.240. The van der Waals surface area contributed by atoms with E-state index in [0.29, 0.717) is 12.6 Å². The van der Waals surface area contributed by atoms with Gasteiger partial charge in [-0.2, -0.15) is 0 Å². The molecule has 0 bridgehead atoms. The zero-order valence-electron chi connectivity index (χ0n) is 14.4. The number of urea groups is 1. The Morgan fingerprint density at radius 3 is 2.61 bits per heavy atom. The largest absolute Gasteiger partial charge is 0.336 e. The molecule has 2 atom stereocenters. The van der Waals surface area contributed by atoms with Crippen molar-refractivity contribution in [3.63, 3.8) is 0 Å². The van der Waals surface area contributed by atoms with E-state index >= 15 is 0 Å². The molecule has 0 radical (unpaired) electrons. The van der Waals surface area contributed by atoms with Crippen LogP contribution in [0.5, 0.6) is 0 Å². The molecular weight excluding hydrogens is 293 g/mol. The van der Waals surface area contributed by atoms with Gasteiger partial charge in [-0.1, -0.05) is 26.0 Å². The first kappa shape index (κ1) is 17.7. The zero-order valence-corrected chi connectivity index (χ0v) is 14.4. The maximum Gasteiger partial charge on any atom is 0.317 e. The van der Waals surface area contributed by atoms with Crippen LogP contribution in [-0.2, 0) is 0 Å². The molecule has 2 amide bonds. The molecule has 1 aliphatic heterocycles. The van der Waals surface area contributed by atoms with Gasteiger partial charge < -0.3 is 10.2 Å². The molecule has 1 saturated heterocycles. The maximum absolute atomic E-state index is 13.1. The van der Waals surface area contributed by atoms with Crippen molar-refractivity contribution >= 4 is 6.03 Å². The van der Waals surface area contributed by atoms with Crippen molar-refractivity contribution < 1.29 is 9.18 Å². The summed E-state index contributed by atoms with van der Waals surface area (Å²) >= 11 is 0. The molecule has 1 aliphatic rings. The average Bonchev–Trinajstić information content (AvgIpc) is 3.04. The van der Waals surface area contributed by atoms with Crippen LogP contribution in [0.1, 0.15) is 45.2 Å². The molecule has 1 N–H and O–H groups in total. The van der Waals surface area contributed by atoms with Gasteiger partial charge in [0.2, 0.25) is 0 Å². The van der Waals surface area contributed by atoms with Crippen LogP contribution < -0.4 is 5.32 Å². The summed E-state index contributed by atoms with van der Waals surface area (Å²) in [5, 5.41) is 3.06. The Balaban J connectivity index is 1.94. The van der Waals surface area contributed by atoms with Gasteiger partial charge in [0, 0.05) is 19.1 Å². The molecular formula is C18H28FN3O. The summed E-state index contributed by atoms with van der Waals surface area (Å²) in [4.78, 5) is 16.7. The maximum atomic E-state index is 13.1. The van der Waals surface area contributed by atoms with Crippen LogP contribution in [0.2, 0.25) is 0 Å². The van der Waals surface area contributed by atoms with E-state index in [1.165, 1.54) is 12.1 Å². The highest BCUT2D eigenvalue weighted by molar-refractivity contribution is 5.75. The van der Waals surface area contributed by atoms with Crippen LogP contribution in [0.3, 0.4) is 0 Å². The summed E-state index contributed by atoms with van der Waals surface area (Å²) < 4.78 is 13.1. The molecule has 1 aromatic carbocycles. The number of amides is 2. The molecule has 0 spiro atoms. The van der Waals surface area contributed by atoms with Crippen LogP contribution in [-0.4, -0.2) is 48.1 Å². The number of likely N-dealkylation sites (N-methyl/N-ethyl adjacent to an activating group) is 1. The molecule has 2 rings (SSSR count). The van der Waals surface area contributed by atoms with Gasteiger partial charge in [-0.05, 0) is 50.6 Å². The van der Waals surface area contributed by atoms with E-state index in [1.54, 1.807) is 12.1 Å². The number of rotatable bonds is 6. The quantitative estimate of drug-likeness (QED) is 0.871. The fourth-order valence-corrected chi connectivity index (χ4v) is 3.35. The fourth-order valence-electron chi connectivity index (χ4n) is 3.35. The Morgan fingerprint density at radius 1 is 1.35 bits per heavy atom. The van der Waals surface area contributed by atoms with Crippen molar-refractivity contribution in [3.8, 4) is 0 Å². The predicted octanol–water partition coefficient (Wildman–Crippen LogP) is 3.40. The van der Waals surface area contributed by atoms with Crippen molar-refractivity contribution in [2.24, 2.45) is 0 Å². The van der Waals surface area contributed by atoms with E-state index in [2.05, 4.69) is 31.0 Å². The molecule has 0 aromatic heterocycles. The first-order chi connectivity index (χ1) is 11.1. The van der Waals surface area contributed by atoms with E-state index in [-0.39, 0.29) is 17.9 Å². The van der Waals surface area contributed by atoms with Gasteiger partial charge in [0.15, 0.2) is 0 Å². The minimum Gasteiger partial charge on any atom is -0.336 e. The normalized spacial score (nSPS) is 19.2. The lowest BCUT2D eigenvalue weighted by Crippen LogP contribution is -2.46. The summed E-state index contributed by atoms with van der Waals surface area (Å²) in [6.07, 6.45) is 1.92. The molecule has 0 unspecified atom stereocenters. The Hall–Kier alpha value is -1.62. The van der Waals surface area contributed by atoms with E-state index in [1.807, 2.05) is 4.90 Å². The Morgan fingerprint density at radius 2 is 2.00 bits per heavy atom. The second-order valence-corrected chi connectivity index (χ2v) is 6.16. The third-order valence-corrected chi connectivity index (χ3v) is 4.75. The Kier molecular flexibility index (Phi) is 6.39. The van der Waals surface area contributed by atoms with Crippen LogP contribution >= 0.6 is 0 Å². The number of hydrogen-bond acceptors (Lipinski definition) is 2. The minimum atomic E-state index is -0.240. The third kappa shape index (κ3) is 4.44. The van der Waals surface area contributed by atoms with Gasteiger partial charge >= 0.3 is 6.03 Å². The van der Waals surface area contributed by atoms with Gasteiger partial charge in [-0.15, -0.1) is 0 Å². The SMILES string of the molecule is CCN(CC)[C@@H](C)CNC(=O)N1CCC[C@H]1c1ccc(F)cc1. The molecule has 128 valence electrons. The van der Waals surface area contributed by atoms with Crippen molar-refractivity contribution in [1.29, 1.82) is 0 Å². The second-order valence-electron chi connectivity index (χ2n) is 6.16. The van der Waals surface area contributed by atoms with Crippen LogP contribution in [0, 0.1) is 5.82 Å². The van der Waals surface area contributed by atoms with E-state index in [4.69, 9.17) is 0 Å². The zero-order chi connectivity index (χ0) is 16.8. The fraction of sp³-hybridized carbons (Fsp3) is 0.611. The lowest BCUT2D eigenvalue weighted by molar-refractivity contribution is 0.182. The second kappa shape index (κ2) is 8.29. The number of likely N-dealkylation sites (tertiary alicyclic amines) is 1. The van der Waals surface area contributed by atoms with Gasteiger partial charge in [-0.3, -0.25) is 4.90 Å². The average molecular weight is 321 g/mol. The summed E-state index contributed by atoms with van der Waals surface area (Å²) in [7, 11) is 0. The molecule has 0 saturated carbocycles. The van der Waals surface area contributed by atoms with Crippen LogP contribution in [0.4, 0.5) is 9.18 Å². The van der Waals surface area contributed by atoms with Gasteiger partial charge in [0.25, 0.3) is 0 Å². The lowest BCUT2D eigenvalue weighted by atomic mass is 10.0. The molecule has 5 heteroatoms. The number of nitrogens with one attached hydrogen (secondary N) is 1. The molecule has 4 nitrogen and oxygen atoms in total. The van der Waals surface area contributed by atoms with Crippen molar-refractivity contribution in [3.05, 3.63) is 35.6 Å². The topological polar surface area (TPSA) is 35.6 Å². The number of hydrogen-bond donors (Lipinski definition) is 1. The van der Waals surface area contributed by atoms with Gasteiger partial charge in [-0.25, -0.2) is 9.18 Å². The summed E-state index contributed by atoms with van der Waals surface area (Å²) in [5.41, 5.74) is 1.01. The number of halogens is 1. The van der Waals surface area contributed by atoms with Crippen LogP contribution in [0.15, 0.2) is 24.3 Å². The first-order valence-corrected chi connectivity index (χ1v) is 8.60. The summed E-state index contributed by atoms with van der Waals surface area (Å²) in [6, 6.07) is 6.85. The highest BCUT2D eigenvalue weighted by Crippen LogP contribution is 2.31. The van der Waals surface area contributed by atoms with E-state index in [9.17, 15) is 9.18 Å². The standard InChI is InChI=1S/C18H28FN3O/c1-4-21(5-2)14(3)13-20-18(23)22-12-6-7-17(22)15-8-10-16(19)11-9-15/h8-11,14,17H,4-7,12-13H2,1-3H3,(H,20,23)/t14-,17-/m0/s1. The highest BCUT2D eigenvalue weighted by Gasteiger charge is 2.30. The molecule has 1 aromatic rings. The molecule has 23 heavy (non-hydrogen) atoms. The summed E-state index contributed by atoms with van der Waals surface area (Å²) in [6.45, 7) is 9.76. The molecule has 1 heterocycles. The third-order valence-electron chi connectivity index (χ3n) is 4.75. The van der Waals surface area contributed by atoms with Crippen molar-refractivity contribution in [1.82, 2.24) is 15.1 Å². The minimum absolute atomic E-state index is 0.0177. The highest BCUT2D eigenvalue weighted by atomic mass is 19.1. The lowest BCUT2D eigenvalue weighted by Gasteiger charge is -2.29. The van der Waals surface area contributed by atoms with Crippen LogP contribution in [0.25, 0.3) is 0 Å². The Labute approximate surface area is 138 Å². The monoisotopic (exact) mass is 321 g/mol. The smallest absolute Gasteiger partial charge is 0.317 e. The number of carbonyl (C=O) groups excluding carboxylic acids is 1. The first-order valence-electron chi connectivity index (χ1n) is 8.60. The number of benzene rings is 1. The predicted molar refractivity (Wildman–Crippen MR) is 90.9 cm³/mol. The van der Waals surface area contributed by atoms with Gasteiger partial charge in [0.05, 0.1) is 6.04 Å². The number of nitrogens with zero attached hydrogens (tertiary/aromatic N) is 2. The number of carbonyl (C=O) groups is 1. The molecule has 0 aliphatic carbocycles. The Bertz CT molecular complexity index is 501. The van der Waals surface area contributed by atoms with E-state index in [0.717, 1.165) is 38.0 Å². The van der Waals surface area contributed by atoms with Crippen molar-refractivity contribution in [2.45, 2.75) is 45.7 Å². The van der Waals surface area contributed by atoms with Crippen molar-refractivity contribution in [2.75, 3.05) is 26.2 Å². The van der Waals surface area contributed by atoms with Gasteiger partial charge in [0.1, 0.15) is 5.82 Å².